The molecule has 3 N–H and O–H groups in total. The fourth-order valence-electron chi connectivity index (χ4n) is 2.23. The molecular weight excluding hydrogens is 250 g/mol. The van der Waals surface area contributed by atoms with Gasteiger partial charge in [0.1, 0.15) is 17.5 Å². The van der Waals surface area contributed by atoms with Crippen molar-refractivity contribution in [3.63, 3.8) is 0 Å². The van der Waals surface area contributed by atoms with E-state index in [9.17, 15) is 8.78 Å². The number of aromatic amines is 1. The Morgan fingerprint density at radius 1 is 1.26 bits per heavy atom. The molecule has 1 aliphatic rings. The summed E-state index contributed by atoms with van der Waals surface area (Å²) >= 11 is 0. The van der Waals surface area contributed by atoms with Crippen LogP contribution in [0.25, 0.3) is 11.3 Å². The molecule has 19 heavy (non-hydrogen) atoms. The van der Waals surface area contributed by atoms with Gasteiger partial charge in [0.05, 0.1) is 5.69 Å². The monoisotopic (exact) mass is 264 g/mol. The largest absolute Gasteiger partial charge is 0.365 e. The maximum Gasteiger partial charge on any atom is 0.148 e. The van der Waals surface area contributed by atoms with E-state index < -0.39 is 11.6 Å². The molecule has 1 aromatic carbocycles. The summed E-state index contributed by atoms with van der Waals surface area (Å²) in [7, 11) is 0. The number of aromatic nitrogens is 2. The zero-order valence-corrected chi connectivity index (χ0v) is 10.2. The number of anilines is 1. The minimum absolute atomic E-state index is 0.312. The molecule has 0 aliphatic carbocycles. The second-order valence-electron chi connectivity index (χ2n) is 4.63. The highest BCUT2D eigenvalue weighted by Gasteiger charge is 2.16. The summed E-state index contributed by atoms with van der Waals surface area (Å²) in [6.45, 7) is 1.88. The molecule has 0 bridgehead atoms. The van der Waals surface area contributed by atoms with E-state index in [1.165, 1.54) is 12.1 Å². The van der Waals surface area contributed by atoms with Crippen LogP contribution < -0.4 is 10.6 Å². The predicted molar refractivity (Wildman–Crippen MR) is 68.8 cm³/mol. The fraction of sp³-hybridized carbons (Fsp3) is 0.308. The second kappa shape index (κ2) is 4.97. The average molecular weight is 264 g/mol. The molecular formula is C13H14F2N4. The van der Waals surface area contributed by atoms with Crippen LogP contribution in [0.2, 0.25) is 0 Å². The first-order valence-electron chi connectivity index (χ1n) is 6.20. The van der Waals surface area contributed by atoms with Gasteiger partial charge in [-0.25, -0.2) is 8.78 Å². The summed E-state index contributed by atoms with van der Waals surface area (Å²) < 4.78 is 26.5. The molecule has 0 amide bonds. The molecule has 1 atom stereocenters. The molecule has 2 aromatic rings. The van der Waals surface area contributed by atoms with Gasteiger partial charge in [-0.15, -0.1) is 0 Å². The Bertz CT molecular complexity index is 576. The summed E-state index contributed by atoms with van der Waals surface area (Å²) in [6.07, 6.45) is 1.03. The highest BCUT2D eigenvalue weighted by atomic mass is 19.1. The van der Waals surface area contributed by atoms with E-state index in [0.29, 0.717) is 23.1 Å². The van der Waals surface area contributed by atoms with Crippen molar-refractivity contribution in [2.45, 2.75) is 12.5 Å². The van der Waals surface area contributed by atoms with Gasteiger partial charge in [0, 0.05) is 30.3 Å². The van der Waals surface area contributed by atoms with Gasteiger partial charge in [0.15, 0.2) is 0 Å². The molecule has 1 unspecified atom stereocenters. The number of H-pyrrole nitrogens is 1. The summed E-state index contributed by atoms with van der Waals surface area (Å²) in [6, 6.07) is 5.57. The maximum absolute atomic E-state index is 13.6. The van der Waals surface area contributed by atoms with Crippen LogP contribution in [-0.2, 0) is 0 Å². The molecule has 3 rings (SSSR count). The van der Waals surface area contributed by atoms with Gasteiger partial charge in [-0.1, -0.05) is 0 Å². The topological polar surface area (TPSA) is 52.7 Å². The lowest BCUT2D eigenvalue weighted by atomic mass is 10.1. The van der Waals surface area contributed by atoms with Gasteiger partial charge >= 0.3 is 0 Å². The van der Waals surface area contributed by atoms with Crippen molar-refractivity contribution in [2.75, 3.05) is 18.4 Å². The van der Waals surface area contributed by atoms with Crippen LogP contribution in [0.4, 0.5) is 14.6 Å². The minimum atomic E-state index is -0.599. The van der Waals surface area contributed by atoms with Crippen LogP contribution in [0, 0.1) is 11.6 Å². The van der Waals surface area contributed by atoms with Crippen LogP contribution in [-0.4, -0.2) is 29.3 Å². The minimum Gasteiger partial charge on any atom is -0.365 e. The number of rotatable bonds is 3. The maximum atomic E-state index is 13.6. The average Bonchev–Trinajstić information content (AvgIpc) is 3.01. The highest BCUT2D eigenvalue weighted by Crippen LogP contribution is 2.24. The van der Waals surface area contributed by atoms with Gasteiger partial charge in [-0.2, -0.15) is 5.10 Å². The van der Waals surface area contributed by atoms with E-state index in [0.717, 1.165) is 25.6 Å². The van der Waals surface area contributed by atoms with Gasteiger partial charge < -0.3 is 10.6 Å². The van der Waals surface area contributed by atoms with Gasteiger partial charge in [0.25, 0.3) is 0 Å². The van der Waals surface area contributed by atoms with Gasteiger partial charge in [-0.05, 0) is 25.1 Å². The molecule has 100 valence electrons. The van der Waals surface area contributed by atoms with Crippen molar-refractivity contribution in [3.8, 4) is 11.3 Å². The Hall–Kier alpha value is -1.95. The first-order chi connectivity index (χ1) is 9.22. The zero-order chi connectivity index (χ0) is 13.2. The van der Waals surface area contributed by atoms with E-state index in [-0.39, 0.29) is 0 Å². The summed E-state index contributed by atoms with van der Waals surface area (Å²) in [5.41, 5.74) is 0.845. The van der Waals surface area contributed by atoms with Crippen molar-refractivity contribution in [2.24, 2.45) is 0 Å². The molecule has 2 heterocycles. The molecule has 1 aliphatic heterocycles. The normalized spacial score (nSPS) is 18.7. The summed E-state index contributed by atoms with van der Waals surface area (Å²) in [5, 5.41) is 13.4. The van der Waals surface area contributed by atoms with Crippen molar-refractivity contribution in [3.05, 3.63) is 35.9 Å². The number of nitrogens with zero attached hydrogens (tertiary/aromatic N) is 1. The molecule has 1 fully saturated rings. The Kier molecular flexibility index (Phi) is 3.16. The van der Waals surface area contributed by atoms with E-state index in [4.69, 9.17) is 0 Å². The molecule has 0 radical (unpaired) electrons. The van der Waals surface area contributed by atoms with E-state index in [1.54, 1.807) is 6.07 Å². The number of benzene rings is 1. The third-order valence-electron chi connectivity index (χ3n) is 3.21. The van der Waals surface area contributed by atoms with Crippen LogP contribution in [0.3, 0.4) is 0 Å². The number of nitrogens with one attached hydrogen (secondary N) is 3. The molecule has 1 saturated heterocycles. The SMILES string of the molecule is Fc1ccc(-c2cc(NC3CCNC3)n[nH]2)c(F)c1. The molecule has 1 aromatic heterocycles. The van der Waals surface area contributed by atoms with Crippen LogP contribution in [0.5, 0.6) is 0 Å². The first kappa shape index (κ1) is 12.1. The number of halogens is 2. The zero-order valence-electron chi connectivity index (χ0n) is 10.2. The van der Waals surface area contributed by atoms with Gasteiger partial charge in [-0.3, -0.25) is 5.10 Å². The number of hydrogen-bond donors (Lipinski definition) is 3. The molecule has 0 spiro atoms. The Morgan fingerprint density at radius 3 is 2.89 bits per heavy atom. The standard InChI is InChI=1S/C13H14F2N4/c14-8-1-2-10(11(15)5-8)12-6-13(19-18-12)17-9-3-4-16-7-9/h1-2,5-6,9,16H,3-4,7H2,(H2,17,18,19). The smallest absolute Gasteiger partial charge is 0.148 e. The lowest BCUT2D eigenvalue weighted by Crippen LogP contribution is -2.22. The molecule has 4 nitrogen and oxygen atoms in total. The van der Waals surface area contributed by atoms with E-state index in [2.05, 4.69) is 20.8 Å². The molecule has 0 saturated carbocycles. The second-order valence-corrected chi connectivity index (χ2v) is 4.63. The van der Waals surface area contributed by atoms with Gasteiger partial charge in [0.2, 0.25) is 0 Å². The Labute approximate surface area is 109 Å². The van der Waals surface area contributed by atoms with Crippen molar-refractivity contribution >= 4 is 5.82 Å². The van der Waals surface area contributed by atoms with Crippen LogP contribution >= 0.6 is 0 Å². The summed E-state index contributed by atoms with van der Waals surface area (Å²) in [4.78, 5) is 0. The third-order valence-corrected chi connectivity index (χ3v) is 3.21. The van der Waals surface area contributed by atoms with Crippen molar-refractivity contribution < 1.29 is 8.78 Å². The quantitative estimate of drug-likeness (QED) is 0.796. The Morgan fingerprint density at radius 2 is 2.16 bits per heavy atom. The lowest BCUT2D eigenvalue weighted by molar-refractivity contribution is 0.585. The first-order valence-corrected chi connectivity index (χ1v) is 6.20. The molecule has 6 heteroatoms. The van der Waals surface area contributed by atoms with Crippen LogP contribution in [0.15, 0.2) is 24.3 Å². The van der Waals surface area contributed by atoms with E-state index in [1.807, 2.05) is 0 Å². The Balaban J connectivity index is 1.80. The predicted octanol–water partition coefficient (Wildman–Crippen LogP) is 2.13. The van der Waals surface area contributed by atoms with Crippen molar-refractivity contribution in [1.82, 2.24) is 15.5 Å². The van der Waals surface area contributed by atoms with E-state index >= 15 is 0 Å². The third kappa shape index (κ3) is 2.58. The summed E-state index contributed by atoms with van der Waals surface area (Å²) in [5.74, 6) is -0.513. The van der Waals surface area contributed by atoms with Crippen molar-refractivity contribution in [1.29, 1.82) is 0 Å². The highest BCUT2D eigenvalue weighted by molar-refractivity contribution is 5.63. The van der Waals surface area contributed by atoms with Crippen LogP contribution in [0.1, 0.15) is 6.42 Å². The fourth-order valence-corrected chi connectivity index (χ4v) is 2.23. The number of hydrogen-bond acceptors (Lipinski definition) is 3. The lowest BCUT2D eigenvalue weighted by Gasteiger charge is -2.08.